The highest BCUT2D eigenvalue weighted by Crippen LogP contribution is 2.24. The molecule has 0 N–H and O–H groups in total. The fourth-order valence-corrected chi connectivity index (χ4v) is 3.59. The van der Waals surface area contributed by atoms with Crippen molar-refractivity contribution in [2.24, 2.45) is 0 Å². The zero-order valence-electron chi connectivity index (χ0n) is 10.7. The quantitative estimate of drug-likeness (QED) is 0.752. The predicted octanol–water partition coefficient (Wildman–Crippen LogP) is 4.50. The molecule has 1 heterocycles. The summed E-state index contributed by atoms with van der Waals surface area (Å²) in [6, 6.07) is 9.77. The molecule has 0 unspecified atom stereocenters. The van der Waals surface area contributed by atoms with E-state index in [9.17, 15) is 4.79 Å². The van der Waals surface area contributed by atoms with Gasteiger partial charge in [0.25, 0.3) is 5.91 Å². The Morgan fingerprint density at radius 3 is 2.79 bits per heavy atom. The topological polar surface area (TPSA) is 20.3 Å². The first kappa shape index (κ1) is 14.6. The van der Waals surface area contributed by atoms with Gasteiger partial charge in [-0.05, 0) is 51.3 Å². The molecule has 0 aliphatic heterocycles. The van der Waals surface area contributed by atoms with Crippen molar-refractivity contribution in [3.8, 4) is 0 Å². The number of carbonyl (C=O) groups is 1. The second kappa shape index (κ2) is 6.59. The lowest BCUT2D eigenvalue weighted by atomic mass is 10.2. The Hall–Kier alpha value is -0.780. The molecule has 0 spiro atoms. The number of hydrogen-bond donors (Lipinski definition) is 0. The zero-order valence-corrected chi connectivity index (χ0v) is 13.9. The monoisotopic (exact) mass is 355 g/mol. The van der Waals surface area contributed by atoms with Crippen LogP contribution in [0.2, 0.25) is 0 Å². The van der Waals surface area contributed by atoms with E-state index in [2.05, 4.69) is 27.4 Å². The fourth-order valence-electron chi connectivity index (χ4n) is 1.80. The molecule has 0 aliphatic carbocycles. The maximum atomic E-state index is 12.4. The van der Waals surface area contributed by atoms with Crippen LogP contribution in [-0.2, 0) is 6.54 Å². The van der Waals surface area contributed by atoms with Gasteiger partial charge in [0.2, 0.25) is 0 Å². The lowest BCUT2D eigenvalue weighted by Crippen LogP contribution is -2.26. The van der Waals surface area contributed by atoms with E-state index in [1.54, 1.807) is 28.0 Å². The second-order valence-corrected chi connectivity index (χ2v) is 7.26. The van der Waals surface area contributed by atoms with Crippen molar-refractivity contribution in [3.63, 3.8) is 0 Å². The third kappa shape index (κ3) is 3.61. The summed E-state index contributed by atoms with van der Waals surface area (Å²) in [5, 5.41) is 2.06. The van der Waals surface area contributed by atoms with Crippen molar-refractivity contribution in [2.45, 2.75) is 11.4 Å². The Bertz CT molecular complexity index is 582. The van der Waals surface area contributed by atoms with Gasteiger partial charge in [0, 0.05) is 18.5 Å². The van der Waals surface area contributed by atoms with Gasteiger partial charge in [0.05, 0.1) is 9.35 Å². The predicted molar refractivity (Wildman–Crippen MR) is 86.0 cm³/mol. The van der Waals surface area contributed by atoms with Crippen LogP contribution >= 0.6 is 39.0 Å². The number of thiophene rings is 1. The molecular formula is C14H14BrNOS2. The minimum Gasteiger partial charge on any atom is -0.337 e. The van der Waals surface area contributed by atoms with E-state index in [-0.39, 0.29) is 5.91 Å². The summed E-state index contributed by atoms with van der Waals surface area (Å²) >= 11 is 6.67. The van der Waals surface area contributed by atoms with Crippen molar-refractivity contribution >= 4 is 44.9 Å². The number of amides is 1. The summed E-state index contributed by atoms with van der Waals surface area (Å²) in [6.45, 7) is 0.629. The van der Waals surface area contributed by atoms with Crippen LogP contribution in [0.5, 0.6) is 0 Å². The van der Waals surface area contributed by atoms with Crippen LogP contribution in [0.25, 0.3) is 0 Å². The maximum Gasteiger partial charge on any atom is 0.255 e. The van der Waals surface area contributed by atoms with Crippen molar-refractivity contribution in [2.75, 3.05) is 13.3 Å². The van der Waals surface area contributed by atoms with Gasteiger partial charge in [-0.25, -0.2) is 0 Å². The number of benzene rings is 1. The highest BCUT2D eigenvalue weighted by Gasteiger charge is 2.15. The molecule has 5 heteroatoms. The van der Waals surface area contributed by atoms with Gasteiger partial charge < -0.3 is 4.90 Å². The summed E-state index contributed by atoms with van der Waals surface area (Å²) in [5.74, 6) is 0.0623. The third-order valence-electron chi connectivity index (χ3n) is 2.73. The molecule has 0 aliphatic rings. The van der Waals surface area contributed by atoms with Gasteiger partial charge in [0.1, 0.15) is 0 Å². The second-order valence-electron chi connectivity index (χ2n) is 4.12. The minimum absolute atomic E-state index is 0.0623. The number of hydrogen-bond acceptors (Lipinski definition) is 3. The first-order chi connectivity index (χ1) is 9.11. The highest BCUT2D eigenvalue weighted by molar-refractivity contribution is 9.11. The molecule has 1 amide bonds. The average molecular weight is 356 g/mol. The Kier molecular flexibility index (Phi) is 5.07. The first-order valence-electron chi connectivity index (χ1n) is 5.73. The van der Waals surface area contributed by atoms with Gasteiger partial charge >= 0.3 is 0 Å². The van der Waals surface area contributed by atoms with Crippen molar-refractivity contribution in [3.05, 3.63) is 50.6 Å². The Labute approximate surface area is 130 Å². The van der Waals surface area contributed by atoms with Crippen LogP contribution < -0.4 is 0 Å². The molecule has 0 fully saturated rings. The molecule has 19 heavy (non-hydrogen) atoms. The minimum atomic E-state index is 0.0623. The largest absolute Gasteiger partial charge is 0.337 e. The standard InChI is InChI=1S/C14H14BrNOS2/c1-16(8-10-7-13(15)19-9-10)14(17)11-5-3-4-6-12(11)18-2/h3-7,9H,8H2,1-2H3. The molecular weight excluding hydrogens is 342 g/mol. The molecule has 1 aromatic heterocycles. The molecule has 1 aromatic carbocycles. The van der Waals surface area contributed by atoms with Crippen molar-refractivity contribution < 1.29 is 4.79 Å². The van der Waals surface area contributed by atoms with E-state index in [1.807, 2.05) is 37.6 Å². The molecule has 2 rings (SSSR count). The van der Waals surface area contributed by atoms with Gasteiger partial charge in [-0.15, -0.1) is 23.1 Å². The van der Waals surface area contributed by atoms with E-state index in [4.69, 9.17) is 0 Å². The van der Waals surface area contributed by atoms with Crippen LogP contribution in [0.1, 0.15) is 15.9 Å². The molecule has 2 aromatic rings. The van der Waals surface area contributed by atoms with Crippen LogP contribution in [0, 0.1) is 0 Å². The van der Waals surface area contributed by atoms with Gasteiger partial charge in [-0.3, -0.25) is 4.79 Å². The summed E-state index contributed by atoms with van der Waals surface area (Å²) in [6.07, 6.45) is 1.99. The summed E-state index contributed by atoms with van der Waals surface area (Å²) in [5.41, 5.74) is 1.92. The fraction of sp³-hybridized carbons (Fsp3) is 0.214. The smallest absolute Gasteiger partial charge is 0.255 e. The Balaban J connectivity index is 2.14. The molecule has 2 nitrogen and oxygen atoms in total. The molecule has 0 bridgehead atoms. The molecule has 0 atom stereocenters. The van der Waals surface area contributed by atoms with Crippen LogP contribution in [0.15, 0.2) is 44.4 Å². The van der Waals surface area contributed by atoms with Crippen molar-refractivity contribution in [1.29, 1.82) is 0 Å². The Morgan fingerprint density at radius 2 is 2.16 bits per heavy atom. The Morgan fingerprint density at radius 1 is 1.42 bits per heavy atom. The maximum absolute atomic E-state index is 12.4. The van der Waals surface area contributed by atoms with E-state index >= 15 is 0 Å². The SMILES string of the molecule is CSc1ccccc1C(=O)N(C)Cc1csc(Br)c1. The lowest BCUT2D eigenvalue weighted by Gasteiger charge is -2.18. The van der Waals surface area contributed by atoms with Crippen molar-refractivity contribution in [1.82, 2.24) is 4.90 Å². The molecule has 100 valence electrons. The number of rotatable bonds is 4. The number of halogens is 1. The molecule has 0 saturated carbocycles. The number of nitrogens with zero attached hydrogens (tertiary/aromatic N) is 1. The number of thioether (sulfide) groups is 1. The van der Waals surface area contributed by atoms with Gasteiger partial charge in [-0.2, -0.15) is 0 Å². The van der Waals surface area contributed by atoms with E-state index in [1.165, 1.54) is 0 Å². The average Bonchev–Trinajstić information content (AvgIpc) is 2.83. The van der Waals surface area contributed by atoms with E-state index in [0.29, 0.717) is 6.54 Å². The van der Waals surface area contributed by atoms with E-state index in [0.717, 1.165) is 19.8 Å². The first-order valence-corrected chi connectivity index (χ1v) is 8.63. The summed E-state index contributed by atoms with van der Waals surface area (Å²) in [4.78, 5) is 15.2. The van der Waals surface area contributed by atoms with Crippen LogP contribution in [0.4, 0.5) is 0 Å². The summed E-state index contributed by atoms with van der Waals surface area (Å²) in [7, 11) is 1.84. The van der Waals surface area contributed by atoms with Gasteiger partial charge in [-0.1, -0.05) is 12.1 Å². The normalized spacial score (nSPS) is 10.5. The lowest BCUT2D eigenvalue weighted by molar-refractivity contribution is 0.0782. The third-order valence-corrected chi connectivity index (χ3v) is 5.07. The van der Waals surface area contributed by atoms with Gasteiger partial charge in [0.15, 0.2) is 0 Å². The molecule has 0 saturated heterocycles. The number of carbonyl (C=O) groups excluding carboxylic acids is 1. The zero-order chi connectivity index (χ0) is 13.8. The summed E-state index contributed by atoms with van der Waals surface area (Å²) < 4.78 is 1.09. The van der Waals surface area contributed by atoms with Crippen LogP contribution in [-0.4, -0.2) is 24.1 Å². The van der Waals surface area contributed by atoms with Crippen LogP contribution in [0.3, 0.4) is 0 Å². The van der Waals surface area contributed by atoms with E-state index < -0.39 is 0 Å². The molecule has 0 radical (unpaired) electrons. The highest BCUT2D eigenvalue weighted by atomic mass is 79.9.